The Kier molecular flexibility index (Phi) is 4.31. The summed E-state index contributed by atoms with van der Waals surface area (Å²) in [6.07, 6.45) is 1.30. The summed E-state index contributed by atoms with van der Waals surface area (Å²) >= 11 is 0. The molecule has 0 aromatic carbocycles. The highest BCUT2D eigenvalue weighted by atomic mass is 16.3. The van der Waals surface area contributed by atoms with E-state index < -0.39 is 12.2 Å². The van der Waals surface area contributed by atoms with E-state index >= 15 is 0 Å². The molecule has 4 atom stereocenters. The van der Waals surface area contributed by atoms with E-state index in [0.29, 0.717) is 18.9 Å². The van der Waals surface area contributed by atoms with Gasteiger partial charge in [0.05, 0.1) is 12.2 Å². The van der Waals surface area contributed by atoms with Crippen molar-refractivity contribution in [1.82, 2.24) is 0 Å². The molecule has 0 aromatic heterocycles. The van der Waals surface area contributed by atoms with Crippen molar-refractivity contribution in [2.75, 3.05) is 6.54 Å². The second-order valence-corrected chi connectivity index (χ2v) is 4.29. The second-order valence-electron chi connectivity index (χ2n) is 4.29. The largest absolute Gasteiger partial charge is 0.390 e. The van der Waals surface area contributed by atoms with Crippen molar-refractivity contribution in [3.05, 3.63) is 0 Å². The first-order valence-corrected chi connectivity index (χ1v) is 5.43. The molecule has 0 radical (unpaired) electrons. The van der Waals surface area contributed by atoms with Crippen LogP contribution in [0.5, 0.6) is 0 Å². The Balaban J connectivity index is 2.47. The summed E-state index contributed by atoms with van der Waals surface area (Å²) in [6.45, 7) is 2.33. The van der Waals surface area contributed by atoms with Crippen molar-refractivity contribution in [3.8, 4) is 0 Å². The van der Waals surface area contributed by atoms with Gasteiger partial charge in [0.2, 0.25) is 0 Å². The van der Waals surface area contributed by atoms with Crippen molar-refractivity contribution >= 4 is 0 Å². The fourth-order valence-corrected chi connectivity index (χ4v) is 1.88. The molecule has 4 nitrogen and oxygen atoms in total. The maximum atomic E-state index is 9.88. The lowest BCUT2D eigenvalue weighted by atomic mass is 9.89. The minimum atomic E-state index is -0.839. The lowest BCUT2D eigenvalue weighted by molar-refractivity contribution is -0.0335. The summed E-state index contributed by atoms with van der Waals surface area (Å²) in [5.41, 5.74) is 11.3. The van der Waals surface area contributed by atoms with Crippen LogP contribution < -0.4 is 11.5 Å². The highest BCUT2D eigenvalue weighted by Gasteiger charge is 2.38. The van der Waals surface area contributed by atoms with E-state index in [1.165, 1.54) is 0 Å². The Morgan fingerprint density at radius 3 is 2.21 bits per heavy atom. The molecule has 0 heterocycles. The molecule has 1 aliphatic carbocycles. The molecule has 0 bridgehead atoms. The smallest absolute Gasteiger partial charge is 0.0952 e. The Labute approximate surface area is 85.3 Å². The monoisotopic (exact) mass is 202 g/mol. The third-order valence-corrected chi connectivity index (χ3v) is 3.20. The van der Waals surface area contributed by atoms with Crippen LogP contribution in [0.3, 0.4) is 0 Å². The van der Waals surface area contributed by atoms with Gasteiger partial charge >= 0.3 is 0 Å². The van der Waals surface area contributed by atoms with Crippen LogP contribution in [0.15, 0.2) is 0 Å². The standard InChI is InChI=1S/C10H22N2O2/c1-2-8(12)10(14)9(13)7(5-11)6-3-4-6/h6-10,13-14H,2-5,11-12H2,1H3/t7-,8+,9-,10-/m1/s1. The van der Waals surface area contributed by atoms with E-state index in [4.69, 9.17) is 11.5 Å². The number of aliphatic hydroxyl groups is 2. The minimum Gasteiger partial charge on any atom is -0.390 e. The zero-order chi connectivity index (χ0) is 10.7. The summed E-state index contributed by atoms with van der Waals surface area (Å²) < 4.78 is 0. The van der Waals surface area contributed by atoms with Crippen LogP contribution in [0.4, 0.5) is 0 Å². The van der Waals surface area contributed by atoms with Crippen molar-refractivity contribution in [2.45, 2.75) is 44.4 Å². The van der Waals surface area contributed by atoms with Crippen molar-refractivity contribution in [2.24, 2.45) is 23.3 Å². The Morgan fingerprint density at radius 1 is 1.29 bits per heavy atom. The average molecular weight is 202 g/mol. The van der Waals surface area contributed by atoms with Gasteiger partial charge in [-0.2, -0.15) is 0 Å². The molecule has 0 amide bonds. The normalized spacial score (nSPS) is 25.5. The highest BCUT2D eigenvalue weighted by Crippen LogP contribution is 2.38. The molecule has 6 N–H and O–H groups in total. The molecule has 0 unspecified atom stereocenters. The summed E-state index contributed by atoms with van der Waals surface area (Å²) in [5.74, 6) is 0.510. The van der Waals surface area contributed by atoms with E-state index in [2.05, 4.69) is 0 Å². The number of hydrogen-bond acceptors (Lipinski definition) is 4. The number of aliphatic hydroxyl groups excluding tert-OH is 2. The Hall–Kier alpha value is -0.160. The van der Waals surface area contributed by atoms with Crippen molar-refractivity contribution in [1.29, 1.82) is 0 Å². The zero-order valence-electron chi connectivity index (χ0n) is 8.76. The molecule has 84 valence electrons. The summed E-state index contributed by atoms with van der Waals surface area (Å²) in [4.78, 5) is 0. The van der Waals surface area contributed by atoms with Crippen molar-refractivity contribution in [3.63, 3.8) is 0 Å². The highest BCUT2D eigenvalue weighted by molar-refractivity contribution is 4.91. The van der Waals surface area contributed by atoms with Crippen LogP contribution in [0.2, 0.25) is 0 Å². The Bertz CT molecular complexity index is 174. The van der Waals surface area contributed by atoms with Gasteiger partial charge in [0.25, 0.3) is 0 Å². The molecule has 4 heteroatoms. The summed E-state index contributed by atoms with van der Waals surface area (Å²) in [5, 5.41) is 19.6. The molecule has 1 aliphatic rings. The van der Waals surface area contributed by atoms with Gasteiger partial charge in [-0.05, 0) is 31.7 Å². The first-order valence-electron chi connectivity index (χ1n) is 5.43. The molecule has 1 saturated carbocycles. The van der Waals surface area contributed by atoms with E-state index in [-0.39, 0.29) is 12.0 Å². The molecule has 1 fully saturated rings. The molecular weight excluding hydrogens is 180 g/mol. The van der Waals surface area contributed by atoms with Crippen LogP contribution in [0.25, 0.3) is 0 Å². The van der Waals surface area contributed by atoms with E-state index in [0.717, 1.165) is 12.8 Å². The van der Waals surface area contributed by atoms with Gasteiger partial charge in [-0.1, -0.05) is 6.92 Å². The van der Waals surface area contributed by atoms with Crippen LogP contribution in [0.1, 0.15) is 26.2 Å². The van der Waals surface area contributed by atoms with Crippen molar-refractivity contribution < 1.29 is 10.2 Å². The number of rotatable bonds is 6. The Morgan fingerprint density at radius 2 is 1.86 bits per heavy atom. The van der Waals surface area contributed by atoms with Gasteiger partial charge in [-0.3, -0.25) is 0 Å². The maximum absolute atomic E-state index is 9.88. The molecule has 0 spiro atoms. The predicted octanol–water partition coefficient (Wildman–Crippen LogP) is -0.570. The van der Waals surface area contributed by atoms with E-state index in [1.54, 1.807) is 0 Å². The van der Waals surface area contributed by atoms with Gasteiger partial charge in [0.15, 0.2) is 0 Å². The fraction of sp³-hybridized carbons (Fsp3) is 1.00. The molecule has 1 rings (SSSR count). The lowest BCUT2D eigenvalue weighted by Crippen LogP contribution is -2.48. The van der Waals surface area contributed by atoms with Gasteiger partial charge in [-0.15, -0.1) is 0 Å². The number of nitrogens with two attached hydrogens (primary N) is 2. The van der Waals surface area contributed by atoms with Crippen LogP contribution in [-0.2, 0) is 0 Å². The quantitative estimate of drug-likeness (QED) is 0.464. The second kappa shape index (κ2) is 5.07. The molecular formula is C10H22N2O2. The zero-order valence-corrected chi connectivity index (χ0v) is 8.76. The predicted molar refractivity (Wildman–Crippen MR) is 55.5 cm³/mol. The van der Waals surface area contributed by atoms with Crippen LogP contribution >= 0.6 is 0 Å². The third kappa shape index (κ3) is 2.67. The van der Waals surface area contributed by atoms with E-state index in [1.807, 2.05) is 6.92 Å². The van der Waals surface area contributed by atoms with Gasteiger partial charge < -0.3 is 21.7 Å². The van der Waals surface area contributed by atoms with Gasteiger partial charge in [0, 0.05) is 12.0 Å². The molecule has 0 aromatic rings. The molecule has 14 heavy (non-hydrogen) atoms. The lowest BCUT2D eigenvalue weighted by Gasteiger charge is -2.29. The summed E-state index contributed by atoms with van der Waals surface area (Å²) in [6, 6.07) is -0.349. The SMILES string of the molecule is CC[C@H](N)[C@@H](O)[C@H](O)[C@H](CN)C1CC1. The first kappa shape index (κ1) is 11.9. The summed E-state index contributed by atoms with van der Waals surface area (Å²) in [7, 11) is 0. The average Bonchev–Trinajstić information content (AvgIpc) is 3.00. The molecule has 0 saturated heterocycles. The first-order chi connectivity index (χ1) is 6.61. The van der Waals surface area contributed by atoms with E-state index in [9.17, 15) is 10.2 Å². The minimum absolute atomic E-state index is 0.0163. The van der Waals surface area contributed by atoms with Gasteiger partial charge in [0.1, 0.15) is 0 Å². The van der Waals surface area contributed by atoms with Crippen LogP contribution in [-0.4, -0.2) is 35.0 Å². The third-order valence-electron chi connectivity index (χ3n) is 3.20. The maximum Gasteiger partial charge on any atom is 0.0952 e. The fourth-order valence-electron chi connectivity index (χ4n) is 1.88. The van der Waals surface area contributed by atoms with Gasteiger partial charge in [-0.25, -0.2) is 0 Å². The van der Waals surface area contributed by atoms with Crippen LogP contribution in [0, 0.1) is 11.8 Å². The number of hydrogen-bond donors (Lipinski definition) is 4. The molecule has 0 aliphatic heterocycles. The topological polar surface area (TPSA) is 92.5 Å².